The van der Waals surface area contributed by atoms with Crippen molar-refractivity contribution in [1.29, 1.82) is 5.41 Å². The molecule has 0 fully saturated rings. The molecule has 0 aliphatic carbocycles. The second kappa shape index (κ2) is 4.25. The van der Waals surface area contributed by atoms with E-state index in [1.54, 1.807) is 18.4 Å². The van der Waals surface area contributed by atoms with Crippen LogP contribution >= 0.6 is 0 Å². The van der Waals surface area contributed by atoms with E-state index in [1.165, 1.54) is 6.92 Å². The summed E-state index contributed by atoms with van der Waals surface area (Å²) in [5, 5.41) is 13.7. The lowest BCUT2D eigenvalue weighted by Crippen LogP contribution is -2.22. The van der Waals surface area contributed by atoms with E-state index in [-0.39, 0.29) is 17.0 Å². The number of aromatic nitrogens is 2. The maximum Gasteiger partial charge on any atom is 0.275 e. The van der Waals surface area contributed by atoms with Crippen molar-refractivity contribution in [1.82, 2.24) is 10.2 Å². The Hall–Kier alpha value is -2.37. The second-order valence-electron chi connectivity index (χ2n) is 3.67. The molecule has 2 aromatic heterocycles. The number of hydrogen-bond donors (Lipinski definition) is 3. The molecule has 0 amide bonds. The van der Waals surface area contributed by atoms with Crippen molar-refractivity contribution in [3.05, 3.63) is 45.8 Å². The fourth-order valence-corrected chi connectivity index (χ4v) is 1.59. The molecule has 2 aromatic rings. The van der Waals surface area contributed by atoms with Crippen molar-refractivity contribution in [2.45, 2.75) is 13.3 Å². The molecule has 0 saturated heterocycles. The summed E-state index contributed by atoms with van der Waals surface area (Å²) in [4.78, 5) is 11.5. The highest BCUT2D eigenvalue weighted by Crippen LogP contribution is 2.15. The first-order valence-corrected chi connectivity index (χ1v) is 5.04. The summed E-state index contributed by atoms with van der Waals surface area (Å²) in [6.07, 6.45) is 1.94. The zero-order valence-corrected chi connectivity index (χ0v) is 9.28. The number of nitrogens with two attached hydrogens (primary N) is 1. The summed E-state index contributed by atoms with van der Waals surface area (Å²) in [5.74, 6) is 0.699. The van der Waals surface area contributed by atoms with Crippen LogP contribution in [-0.4, -0.2) is 15.9 Å². The van der Waals surface area contributed by atoms with Gasteiger partial charge in [-0.15, -0.1) is 0 Å². The fourth-order valence-electron chi connectivity index (χ4n) is 1.59. The quantitative estimate of drug-likeness (QED) is 0.683. The number of rotatable bonds is 3. The molecule has 17 heavy (non-hydrogen) atoms. The van der Waals surface area contributed by atoms with Crippen molar-refractivity contribution in [3.8, 4) is 0 Å². The Morgan fingerprint density at radius 1 is 1.65 bits per heavy atom. The van der Waals surface area contributed by atoms with E-state index in [1.807, 2.05) is 0 Å². The van der Waals surface area contributed by atoms with Gasteiger partial charge in [-0.05, 0) is 19.1 Å². The molecule has 6 heteroatoms. The first-order valence-electron chi connectivity index (χ1n) is 5.04. The Labute approximate surface area is 97.0 Å². The van der Waals surface area contributed by atoms with Crippen LogP contribution in [0, 0.1) is 5.41 Å². The third-order valence-electron chi connectivity index (χ3n) is 2.40. The van der Waals surface area contributed by atoms with Crippen LogP contribution in [0.5, 0.6) is 0 Å². The Balaban J connectivity index is 2.46. The molecule has 0 unspecified atom stereocenters. The smallest absolute Gasteiger partial charge is 0.275 e. The molecule has 6 nitrogen and oxygen atoms in total. The Bertz CT molecular complexity index is 598. The zero-order chi connectivity index (χ0) is 12.4. The maximum atomic E-state index is 11.5. The summed E-state index contributed by atoms with van der Waals surface area (Å²) in [6.45, 7) is 1.51. The molecule has 0 atom stereocenters. The first kappa shape index (κ1) is 11.1. The highest BCUT2D eigenvalue weighted by Gasteiger charge is 2.14. The normalized spacial score (nSPS) is 10.4. The van der Waals surface area contributed by atoms with E-state index in [9.17, 15) is 4.79 Å². The topological polar surface area (TPSA) is 109 Å². The van der Waals surface area contributed by atoms with E-state index >= 15 is 0 Å². The average molecular weight is 232 g/mol. The molecule has 0 aliphatic rings. The van der Waals surface area contributed by atoms with Gasteiger partial charge in [0.05, 0.1) is 29.6 Å². The van der Waals surface area contributed by atoms with Crippen LogP contribution in [0.4, 0.5) is 5.69 Å². The predicted octanol–water partition coefficient (Wildman–Crippen LogP) is 0.924. The van der Waals surface area contributed by atoms with Crippen LogP contribution in [0.1, 0.15) is 23.9 Å². The first-order chi connectivity index (χ1) is 8.09. The van der Waals surface area contributed by atoms with E-state index in [0.29, 0.717) is 17.9 Å². The largest absolute Gasteiger partial charge is 0.469 e. The molecule has 0 bridgehead atoms. The average Bonchev–Trinajstić information content (AvgIpc) is 2.74. The van der Waals surface area contributed by atoms with E-state index in [2.05, 4.69) is 10.2 Å². The number of nitrogens with zero attached hydrogens (tertiary/aromatic N) is 1. The molecule has 2 rings (SSSR count). The highest BCUT2D eigenvalue weighted by molar-refractivity contribution is 6.00. The van der Waals surface area contributed by atoms with Gasteiger partial charge >= 0.3 is 0 Å². The van der Waals surface area contributed by atoms with Gasteiger partial charge in [0.15, 0.2) is 0 Å². The van der Waals surface area contributed by atoms with Crippen LogP contribution in [-0.2, 0) is 6.42 Å². The molecule has 0 saturated carbocycles. The van der Waals surface area contributed by atoms with Crippen LogP contribution in [0.15, 0.2) is 27.6 Å². The summed E-state index contributed by atoms with van der Waals surface area (Å²) in [7, 11) is 0. The van der Waals surface area contributed by atoms with Gasteiger partial charge in [-0.2, -0.15) is 5.10 Å². The van der Waals surface area contributed by atoms with Crippen molar-refractivity contribution >= 4 is 11.4 Å². The number of H-pyrrole nitrogens is 1. The molecule has 2 heterocycles. The van der Waals surface area contributed by atoms with Crippen LogP contribution in [0.3, 0.4) is 0 Å². The summed E-state index contributed by atoms with van der Waals surface area (Å²) >= 11 is 0. The third kappa shape index (κ3) is 2.10. The number of nitrogens with one attached hydrogen (secondary N) is 2. The molecule has 0 aliphatic heterocycles. The standard InChI is InChI=1S/C11H12N4O2/c1-6(12)9-10(13)8(14-15-11(9)16)5-7-3-2-4-17-7/h2-4,12H,5H2,1H3,(H3,13,15,16). The fraction of sp³-hybridized carbons (Fsp3) is 0.182. The van der Waals surface area contributed by atoms with Gasteiger partial charge in [-0.3, -0.25) is 4.79 Å². The minimum Gasteiger partial charge on any atom is -0.469 e. The Morgan fingerprint density at radius 2 is 2.41 bits per heavy atom. The van der Waals surface area contributed by atoms with Gasteiger partial charge in [0.1, 0.15) is 5.76 Å². The number of hydrogen-bond acceptors (Lipinski definition) is 5. The van der Waals surface area contributed by atoms with Gasteiger partial charge in [-0.25, -0.2) is 5.10 Å². The molecule has 88 valence electrons. The lowest BCUT2D eigenvalue weighted by atomic mass is 10.1. The molecular formula is C11H12N4O2. The van der Waals surface area contributed by atoms with Gasteiger partial charge in [0.25, 0.3) is 5.56 Å². The maximum absolute atomic E-state index is 11.5. The van der Waals surface area contributed by atoms with Gasteiger partial charge in [-0.1, -0.05) is 0 Å². The number of aromatic amines is 1. The second-order valence-corrected chi connectivity index (χ2v) is 3.67. The minimum atomic E-state index is -0.446. The number of nitrogen functional groups attached to an aromatic ring is 1. The summed E-state index contributed by atoms with van der Waals surface area (Å²) in [5.41, 5.74) is 6.41. The Kier molecular flexibility index (Phi) is 2.78. The molecule has 4 N–H and O–H groups in total. The van der Waals surface area contributed by atoms with Crippen molar-refractivity contribution < 1.29 is 4.42 Å². The highest BCUT2D eigenvalue weighted by atomic mass is 16.3. The minimum absolute atomic E-state index is 0.117. The van der Waals surface area contributed by atoms with Gasteiger partial charge < -0.3 is 15.6 Å². The molecule has 0 aromatic carbocycles. The third-order valence-corrected chi connectivity index (χ3v) is 2.40. The summed E-state index contributed by atoms with van der Waals surface area (Å²) in [6, 6.07) is 3.56. The predicted molar refractivity (Wildman–Crippen MR) is 63.3 cm³/mol. The van der Waals surface area contributed by atoms with Crippen LogP contribution in [0.2, 0.25) is 0 Å². The molecule has 0 spiro atoms. The van der Waals surface area contributed by atoms with E-state index < -0.39 is 5.56 Å². The molecular weight excluding hydrogens is 220 g/mol. The van der Waals surface area contributed by atoms with Gasteiger partial charge in [0, 0.05) is 5.71 Å². The Morgan fingerprint density at radius 3 is 3.00 bits per heavy atom. The summed E-state index contributed by atoms with van der Waals surface area (Å²) < 4.78 is 5.18. The zero-order valence-electron chi connectivity index (χ0n) is 9.28. The van der Waals surface area contributed by atoms with Crippen LogP contribution in [0.25, 0.3) is 0 Å². The lowest BCUT2D eigenvalue weighted by Gasteiger charge is -2.06. The van der Waals surface area contributed by atoms with E-state index in [4.69, 9.17) is 15.6 Å². The number of anilines is 1. The SMILES string of the molecule is CC(=N)c1c(N)c(Cc2ccco2)n[nH]c1=O. The van der Waals surface area contributed by atoms with Gasteiger partial charge in [0.2, 0.25) is 0 Å². The lowest BCUT2D eigenvalue weighted by molar-refractivity contribution is 0.518. The van der Waals surface area contributed by atoms with Crippen molar-refractivity contribution in [3.63, 3.8) is 0 Å². The molecule has 0 radical (unpaired) electrons. The van der Waals surface area contributed by atoms with Crippen molar-refractivity contribution in [2.75, 3.05) is 5.73 Å². The van der Waals surface area contributed by atoms with Crippen LogP contribution < -0.4 is 11.3 Å². The number of furan rings is 1. The van der Waals surface area contributed by atoms with Crippen molar-refractivity contribution in [2.24, 2.45) is 0 Å². The van der Waals surface area contributed by atoms with E-state index in [0.717, 1.165) is 0 Å². The monoisotopic (exact) mass is 232 g/mol.